The molecule has 1 nitrogen and oxygen atoms in total. The van der Waals surface area contributed by atoms with E-state index >= 15 is 0 Å². The van der Waals surface area contributed by atoms with Crippen LogP contribution in [-0.2, 0) is 0 Å². The molecule has 1 aromatic rings. The van der Waals surface area contributed by atoms with Gasteiger partial charge in [0, 0.05) is 0 Å². The lowest BCUT2D eigenvalue weighted by Crippen LogP contribution is -2.25. The highest BCUT2D eigenvalue weighted by atomic mass is 16.5. The first-order chi connectivity index (χ1) is 13.8. The molecule has 0 aromatic heterocycles. The monoisotopic (exact) mass is 384 g/mol. The molecule has 0 saturated heterocycles. The summed E-state index contributed by atoms with van der Waals surface area (Å²) in [7, 11) is 0. The van der Waals surface area contributed by atoms with Crippen LogP contribution in [-0.4, -0.2) is 6.61 Å². The molecule has 0 heterocycles. The minimum atomic E-state index is 0.784. The van der Waals surface area contributed by atoms with Crippen LogP contribution in [0.2, 0.25) is 0 Å². The maximum atomic E-state index is 5.88. The number of unbranched alkanes of at least 4 members (excludes halogenated alkanes) is 3. The second kappa shape index (κ2) is 11.9. The molecule has 0 atom stereocenters. The maximum Gasteiger partial charge on any atom is 0.119 e. The Hall–Kier alpha value is -0.980. The minimum absolute atomic E-state index is 0.784. The van der Waals surface area contributed by atoms with Crippen molar-refractivity contribution in [1.82, 2.24) is 0 Å². The van der Waals surface area contributed by atoms with Gasteiger partial charge in [0.1, 0.15) is 5.75 Å². The zero-order valence-electron chi connectivity index (χ0n) is 18.6. The Kier molecular flexibility index (Phi) is 9.22. The van der Waals surface area contributed by atoms with Gasteiger partial charge in [0.05, 0.1) is 6.61 Å². The van der Waals surface area contributed by atoms with Gasteiger partial charge in [-0.05, 0) is 86.3 Å². The van der Waals surface area contributed by atoms with Crippen LogP contribution >= 0.6 is 0 Å². The fraction of sp³-hybridized carbons (Fsp3) is 0.778. The van der Waals surface area contributed by atoms with E-state index in [0.29, 0.717) is 0 Å². The molecule has 0 unspecified atom stereocenters. The quantitative estimate of drug-likeness (QED) is 0.367. The van der Waals surface area contributed by atoms with Crippen molar-refractivity contribution in [1.29, 1.82) is 0 Å². The van der Waals surface area contributed by atoms with E-state index in [2.05, 4.69) is 38.1 Å². The van der Waals surface area contributed by atoms with Crippen LogP contribution in [0.1, 0.15) is 115 Å². The Morgan fingerprint density at radius 1 is 0.714 bits per heavy atom. The Morgan fingerprint density at radius 3 is 1.93 bits per heavy atom. The van der Waals surface area contributed by atoms with Crippen molar-refractivity contribution in [3.8, 4) is 5.75 Å². The predicted molar refractivity (Wildman–Crippen MR) is 121 cm³/mol. The highest BCUT2D eigenvalue weighted by Crippen LogP contribution is 2.44. The lowest BCUT2D eigenvalue weighted by molar-refractivity contribution is 0.156. The van der Waals surface area contributed by atoms with Crippen molar-refractivity contribution in [2.24, 2.45) is 17.8 Å². The molecular formula is C27H44O. The number of hydrogen-bond acceptors (Lipinski definition) is 1. The number of rotatable bonds is 10. The molecule has 0 amide bonds. The lowest BCUT2D eigenvalue weighted by Gasteiger charge is -2.38. The van der Waals surface area contributed by atoms with Gasteiger partial charge in [0.25, 0.3) is 0 Å². The van der Waals surface area contributed by atoms with E-state index in [1.54, 1.807) is 5.56 Å². The first kappa shape index (κ1) is 21.7. The van der Waals surface area contributed by atoms with E-state index in [4.69, 9.17) is 4.74 Å². The Balaban J connectivity index is 1.38. The maximum absolute atomic E-state index is 5.88. The molecule has 158 valence electrons. The molecule has 0 radical (unpaired) electrons. The molecule has 3 rings (SSSR count). The van der Waals surface area contributed by atoms with Gasteiger partial charge in [-0.25, -0.2) is 0 Å². The van der Waals surface area contributed by atoms with Crippen molar-refractivity contribution in [3.63, 3.8) is 0 Å². The zero-order valence-corrected chi connectivity index (χ0v) is 18.6. The highest BCUT2D eigenvalue weighted by Gasteiger charge is 2.31. The van der Waals surface area contributed by atoms with Gasteiger partial charge in [0.15, 0.2) is 0 Å². The van der Waals surface area contributed by atoms with E-state index in [-0.39, 0.29) is 0 Å². The largest absolute Gasteiger partial charge is 0.494 e. The summed E-state index contributed by atoms with van der Waals surface area (Å²) in [6.45, 7) is 5.43. The second-order valence-corrected chi connectivity index (χ2v) is 9.66. The van der Waals surface area contributed by atoms with Crippen LogP contribution in [0.5, 0.6) is 5.75 Å². The third kappa shape index (κ3) is 6.53. The number of ether oxygens (including phenoxy) is 1. The third-order valence-electron chi connectivity index (χ3n) is 7.66. The molecule has 0 aliphatic heterocycles. The molecule has 28 heavy (non-hydrogen) atoms. The SMILES string of the molecule is CCCCCOc1ccc([C@H]2CC[C@H]([C@H]3CC[C@H](CCCC)CC3)CC2)cc1. The molecule has 2 aliphatic rings. The van der Waals surface area contributed by atoms with Gasteiger partial charge in [0.2, 0.25) is 0 Å². The van der Waals surface area contributed by atoms with Crippen molar-refractivity contribution >= 4 is 0 Å². The van der Waals surface area contributed by atoms with Gasteiger partial charge in [-0.15, -0.1) is 0 Å². The molecule has 0 bridgehead atoms. The number of benzene rings is 1. The average molecular weight is 385 g/mol. The zero-order chi connectivity index (χ0) is 19.6. The van der Waals surface area contributed by atoms with Crippen molar-refractivity contribution in [3.05, 3.63) is 29.8 Å². The Labute approximate surface area is 174 Å². The Morgan fingerprint density at radius 2 is 1.32 bits per heavy atom. The van der Waals surface area contributed by atoms with Crippen molar-refractivity contribution < 1.29 is 4.74 Å². The van der Waals surface area contributed by atoms with Gasteiger partial charge < -0.3 is 4.74 Å². The van der Waals surface area contributed by atoms with Crippen LogP contribution in [0, 0.1) is 17.8 Å². The van der Waals surface area contributed by atoms with Crippen molar-refractivity contribution in [2.45, 2.75) is 110 Å². The highest BCUT2D eigenvalue weighted by molar-refractivity contribution is 5.29. The third-order valence-corrected chi connectivity index (χ3v) is 7.66. The topological polar surface area (TPSA) is 9.23 Å². The first-order valence-corrected chi connectivity index (χ1v) is 12.5. The lowest BCUT2D eigenvalue weighted by atomic mass is 9.68. The second-order valence-electron chi connectivity index (χ2n) is 9.66. The van der Waals surface area contributed by atoms with Crippen LogP contribution in [0.4, 0.5) is 0 Å². The van der Waals surface area contributed by atoms with Gasteiger partial charge in [-0.2, -0.15) is 0 Å². The standard InChI is InChI=1S/C27H44O/c1-3-5-7-21-28-27-19-17-26(18-20-27)25-15-13-24(14-16-25)23-11-9-22(10-12-23)8-6-4-2/h17-20,22-25H,3-16,21H2,1-2H3/t22-,23-,24-,25-. The first-order valence-electron chi connectivity index (χ1n) is 12.5. The van der Waals surface area contributed by atoms with Crippen LogP contribution in [0.15, 0.2) is 24.3 Å². The minimum Gasteiger partial charge on any atom is -0.494 e. The van der Waals surface area contributed by atoms with Crippen LogP contribution < -0.4 is 4.74 Å². The molecule has 0 N–H and O–H groups in total. The smallest absolute Gasteiger partial charge is 0.119 e. The summed E-state index contributed by atoms with van der Waals surface area (Å²) in [6.07, 6.45) is 19.8. The summed E-state index contributed by atoms with van der Waals surface area (Å²) >= 11 is 0. The average Bonchev–Trinajstić information content (AvgIpc) is 2.76. The molecule has 2 fully saturated rings. The summed E-state index contributed by atoms with van der Waals surface area (Å²) in [6, 6.07) is 9.06. The van der Waals surface area contributed by atoms with Crippen LogP contribution in [0.25, 0.3) is 0 Å². The summed E-state index contributed by atoms with van der Waals surface area (Å²) < 4.78 is 5.88. The molecule has 1 heteroatoms. The summed E-state index contributed by atoms with van der Waals surface area (Å²) in [5, 5.41) is 0. The van der Waals surface area contributed by atoms with E-state index < -0.39 is 0 Å². The Bertz CT molecular complexity index is 518. The van der Waals surface area contributed by atoms with Gasteiger partial charge >= 0.3 is 0 Å². The molecule has 2 aliphatic carbocycles. The van der Waals surface area contributed by atoms with E-state index in [9.17, 15) is 0 Å². The molecular weight excluding hydrogens is 340 g/mol. The normalized spacial score (nSPS) is 28.2. The fourth-order valence-corrected chi connectivity index (χ4v) is 5.74. The van der Waals surface area contributed by atoms with Crippen molar-refractivity contribution in [2.75, 3.05) is 6.61 Å². The summed E-state index contributed by atoms with van der Waals surface area (Å²) in [4.78, 5) is 0. The predicted octanol–water partition coefficient (Wildman–Crippen LogP) is 8.53. The van der Waals surface area contributed by atoms with E-state index in [1.807, 2.05) is 0 Å². The number of hydrogen-bond donors (Lipinski definition) is 0. The summed E-state index contributed by atoms with van der Waals surface area (Å²) in [5.74, 6) is 4.94. The van der Waals surface area contributed by atoms with E-state index in [0.717, 1.165) is 36.0 Å². The molecule has 0 spiro atoms. The van der Waals surface area contributed by atoms with Gasteiger partial charge in [-0.3, -0.25) is 0 Å². The molecule has 1 aromatic carbocycles. The van der Waals surface area contributed by atoms with E-state index in [1.165, 1.54) is 89.9 Å². The fourth-order valence-electron chi connectivity index (χ4n) is 5.74. The van der Waals surface area contributed by atoms with Crippen LogP contribution in [0.3, 0.4) is 0 Å². The van der Waals surface area contributed by atoms with Gasteiger partial charge in [-0.1, -0.05) is 70.9 Å². The molecule has 2 saturated carbocycles. The summed E-state index contributed by atoms with van der Waals surface area (Å²) in [5.41, 5.74) is 1.54.